The van der Waals surface area contributed by atoms with E-state index >= 15 is 0 Å². The van der Waals surface area contributed by atoms with Crippen molar-refractivity contribution in [3.05, 3.63) is 0 Å². The zero-order valence-electron chi connectivity index (χ0n) is 8.36. The largest absolute Gasteiger partial charge is 0.481 e. The fourth-order valence-corrected chi connectivity index (χ4v) is 1.96. The molecular weight excluding hydrogens is 184 g/mol. The van der Waals surface area contributed by atoms with Gasteiger partial charge in [0.15, 0.2) is 0 Å². The number of carboxylic acids is 1. The van der Waals surface area contributed by atoms with Crippen molar-refractivity contribution in [3.8, 4) is 0 Å². The third-order valence-corrected chi connectivity index (χ3v) is 2.67. The number of hydrogen-bond donors (Lipinski definition) is 1. The molecule has 0 aromatic carbocycles. The lowest BCUT2D eigenvalue weighted by molar-refractivity contribution is -0.159. The van der Waals surface area contributed by atoms with Gasteiger partial charge in [-0.2, -0.15) is 0 Å². The van der Waals surface area contributed by atoms with Crippen LogP contribution >= 0.6 is 0 Å². The molecule has 0 amide bonds. The molecule has 0 saturated heterocycles. The molecule has 14 heavy (non-hydrogen) atoms. The SMILES string of the molecule is CCOC(=O)[C@@H]1CCCC[C@H]1C(=O)O. The van der Waals surface area contributed by atoms with E-state index in [0.29, 0.717) is 19.4 Å². The Kier molecular flexibility index (Phi) is 3.92. The minimum absolute atomic E-state index is 0.321. The highest BCUT2D eigenvalue weighted by atomic mass is 16.5. The Hall–Kier alpha value is -1.06. The minimum Gasteiger partial charge on any atom is -0.481 e. The van der Waals surface area contributed by atoms with Gasteiger partial charge in [0.25, 0.3) is 0 Å². The molecule has 0 aromatic heterocycles. The number of rotatable bonds is 3. The summed E-state index contributed by atoms with van der Waals surface area (Å²) in [5.41, 5.74) is 0. The first-order valence-corrected chi connectivity index (χ1v) is 5.06. The molecule has 2 atom stereocenters. The first kappa shape index (κ1) is 11.0. The molecule has 0 aliphatic heterocycles. The van der Waals surface area contributed by atoms with E-state index in [0.717, 1.165) is 12.8 Å². The summed E-state index contributed by atoms with van der Waals surface area (Å²) >= 11 is 0. The van der Waals surface area contributed by atoms with Gasteiger partial charge in [-0.3, -0.25) is 9.59 Å². The number of esters is 1. The Bertz CT molecular complexity index is 224. The maximum atomic E-state index is 11.4. The summed E-state index contributed by atoms with van der Waals surface area (Å²) in [6, 6.07) is 0. The van der Waals surface area contributed by atoms with Crippen molar-refractivity contribution < 1.29 is 19.4 Å². The van der Waals surface area contributed by atoms with Crippen molar-refractivity contribution in [2.45, 2.75) is 32.6 Å². The molecule has 1 aliphatic rings. The quantitative estimate of drug-likeness (QED) is 0.700. The lowest BCUT2D eigenvalue weighted by Gasteiger charge is -2.26. The monoisotopic (exact) mass is 200 g/mol. The molecule has 0 aromatic rings. The lowest BCUT2D eigenvalue weighted by Crippen LogP contribution is -2.33. The van der Waals surface area contributed by atoms with Crippen LogP contribution in [0.4, 0.5) is 0 Å². The predicted molar refractivity (Wildman–Crippen MR) is 49.7 cm³/mol. The van der Waals surface area contributed by atoms with Crippen LogP contribution in [-0.4, -0.2) is 23.7 Å². The van der Waals surface area contributed by atoms with Crippen molar-refractivity contribution in [2.24, 2.45) is 11.8 Å². The van der Waals surface area contributed by atoms with Gasteiger partial charge in [0, 0.05) is 0 Å². The standard InChI is InChI=1S/C10H16O4/c1-2-14-10(13)8-6-4-3-5-7(8)9(11)12/h7-8H,2-6H2,1H3,(H,11,12)/t7-,8-/m1/s1. The van der Waals surface area contributed by atoms with Crippen LogP contribution < -0.4 is 0 Å². The van der Waals surface area contributed by atoms with Crippen LogP contribution in [-0.2, 0) is 14.3 Å². The smallest absolute Gasteiger partial charge is 0.309 e. The maximum Gasteiger partial charge on any atom is 0.309 e. The molecule has 1 fully saturated rings. The third kappa shape index (κ3) is 2.47. The van der Waals surface area contributed by atoms with Gasteiger partial charge in [0.05, 0.1) is 18.4 Å². The van der Waals surface area contributed by atoms with Gasteiger partial charge < -0.3 is 9.84 Å². The molecular formula is C10H16O4. The molecule has 0 heterocycles. The Morgan fingerprint density at radius 3 is 2.36 bits per heavy atom. The van der Waals surface area contributed by atoms with E-state index in [-0.39, 0.29) is 5.97 Å². The Balaban J connectivity index is 2.62. The molecule has 1 saturated carbocycles. The third-order valence-electron chi connectivity index (χ3n) is 2.67. The van der Waals surface area contributed by atoms with Crippen LogP contribution in [0.25, 0.3) is 0 Å². The number of ether oxygens (including phenoxy) is 1. The van der Waals surface area contributed by atoms with E-state index < -0.39 is 17.8 Å². The first-order valence-electron chi connectivity index (χ1n) is 5.06. The van der Waals surface area contributed by atoms with Gasteiger partial charge >= 0.3 is 11.9 Å². The number of hydrogen-bond acceptors (Lipinski definition) is 3. The topological polar surface area (TPSA) is 63.6 Å². The number of carbonyl (C=O) groups excluding carboxylic acids is 1. The normalized spacial score (nSPS) is 26.9. The molecule has 0 bridgehead atoms. The van der Waals surface area contributed by atoms with Gasteiger partial charge in [0.2, 0.25) is 0 Å². The molecule has 1 aliphatic carbocycles. The van der Waals surface area contributed by atoms with Crippen LogP contribution in [0.1, 0.15) is 32.6 Å². The first-order chi connectivity index (χ1) is 6.66. The van der Waals surface area contributed by atoms with Crippen LogP contribution in [0.3, 0.4) is 0 Å². The minimum atomic E-state index is -0.872. The highest BCUT2D eigenvalue weighted by Crippen LogP contribution is 2.31. The highest BCUT2D eigenvalue weighted by molar-refractivity contribution is 5.81. The highest BCUT2D eigenvalue weighted by Gasteiger charge is 2.36. The van der Waals surface area contributed by atoms with Crippen molar-refractivity contribution in [3.63, 3.8) is 0 Å². The van der Waals surface area contributed by atoms with E-state index in [2.05, 4.69) is 0 Å². The predicted octanol–water partition coefficient (Wildman–Crippen LogP) is 1.44. The summed E-state index contributed by atoms with van der Waals surface area (Å²) in [6.07, 6.45) is 3.06. The van der Waals surface area contributed by atoms with E-state index in [1.165, 1.54) is 0 Å². The Labute approximate surface area is 83.2 Å². The number of carbonyl (C=O) groups is 2. The Morgan fingerprint density at radius 2 is 1.86 bits per heavy atom. The zero-order valence-corrected chi connectivity index (χ0v) is 8.36. The summed E-state index contributed by atoms with van der Waals surface area (Å²) < 4.78 is 4.86. The molecule has 80 valence electrons. The van der Waals surface area contributed by atoms with E-state index in [1.807, 2.05) is 0 Å². The van der Waals surface area contributed by atoms with Crippen molar-refractivity contribution in [1.82, 2.24) is 0 Å². The van der Waals surface area contributed by atoms with Crippen LogP contribution in [0.5, 0.6) is 0 Å². The molecule has 4 heteroatoms. The van der Waals surface area contributed by atoms with E-state index in [4.69, 9.17) is 9.84 Å². The molecule has 0 spiro atoms. The second kappa shape index (κ2) is 4.98. The van der Waals surface area contributed by atoms with Gasteiger partial charge in [-0.15, -0.1) is 0 Å². The second-order valence-electron chi connectivity index (χ2n) is 3.59. The van der Waals surface area contributed by atoms with Gasteiger partial charge in [-0.1, -0.05) is 12.8 Å². The second-order valence-corrected chi connectivity index (χ2v) is 3.59. The van der Waals surface area contributed by atoms with E-state index in [1.54, 1.807) is 6.92 Å². The molecule has 1 rings (SSSR count). The fraction of sp³-hybridized carbons (Fsp3) is 0.800. The van der Waals surface area contributed by atoms with Crippen molar-refractivity contribution in [1.29, 1.82) is 0 Å². The summed E-state index contributed by atoms with van der Waals surface area (Å²) in [5.74, 6) is -2.19. The molecule has 0 unspecified atom stereocenters. The average molecular weight is 200 g/mol. The van der Waals surface area contributed by atoms with Crippen molar-refractivity contribution >= 4 is 11.9 Å². The summed E-state index contributed by atoms with van der Waals surface area (Å²) in [4.78, 5) is 22.3. The van der Waals surface area contributed by atoms with Crippen LogP contribution in [0.15, 0.2) is 0 Å². The lowest BCUT2D eigenvalue weighted by atomic mass is 9.79. The summed E-state index contributed by atoms with van der Waals surface area (Å²) in [6.45, 7) is 2.05. The molecule has 1 N–H and O–H groups in total. The van der Waals surface area contributed by atoms with Gasteiger partial charge in [0.1, 0.15) is 0 Å². The van der Waals surface area contributed by atoms with Crippen LogP contribution in [0, 0.1) is 11.8 Å². The molecule has 4 nitrogen and oxygen atoms in total. The van der Waals surface area contributed by atoms with Gasteiger partial charge in [-0.05, 0) is 19.8 Å². The number of aliphatic carboxylic acids is 1. The van der Waals surface area contributed by atoms with E-state index in [9.17, 15) is 9.59 Å². The average Bonchev–Trinajstić information content (AvgIpc) is 2.18. The van der Waals surface area contributed by atoms with Crippen molar-refractivity contribution in [2.75, 3.05) is 6.61 Å². The maximum absolute atomic E-state index is 11.4. The zero-order chi connectivity index (χ0) is 10.6. The summed E-state index contributed by atoms with van der Waals surface area (Å²) in [5, 5.41) is 8.92. The van der Waals surface area contributed by atoms with Gasteiger partial charge in [-0.25, -0.2) is 0 Å². The Morgan fingerprint density at radius 1 is 1.29 bits per heavy atom. The molecule has 0 radical (unpaired) electrons. The number of carboxylic acid groups (broad SMARTS) is 1. The van der Waals surface area contributed by atoms with Crippen LogP contribution in [0.2, 0.25) is 0 Å². The fourth-order valence-electron chi connectivity index (χ4n) is 1.96. The summed E-state index contributed by atoms with van der Waals surface area (Å²) in [7, 11) is 0.